The molecule has 0 aliphatic rings. The van der Waals surface area contributed by atoms with Crippen molar-refractivity contribution in [2.24, 2.45) is 0 Å². The summed E-state index contributed by atoms with van der Waals surface area (Å²) in [6.07, 6.45) is 3.62. The minimum absolute atomic E-state index is 0.679. The third kappa shape index (κ3) is 3.29. The molecule has 0 saturated heterocycles. The molecule has 0 fully saturated rings. The number of benzene rings is 1. The Kier molecular flexibility index (Phi) is 4.38. The largest absolute Gasteiger partial charge is 0.493 e. The van der Waals surface area contributed by atoms with Crippen LogP contribution < -0.4 is 14.8 Å². The normalized spacial score (nSPS) is 10.8. The van der Waals surface area contributed by atoms with E-state index in [9.17, 15) is 0 Å². The smallest absolute Gasteiger partial charge is 0.163 e. The van der Waals surface area contributed by atoms with E-state index < -0.39 is 0 Å². The predicted molar refractivity (Wildman–Crippen MR) is 107 cm³/mol. The van der Waals surface area contributed by atoms with E-state index in [2.05, 4.69) is 26.3 Å². The molecule has 136 valence electrons. The Hall–Kier alpha value is -3.54. The van der Waals surface area contributed by atoms with Crippen LogP contribution in [0.25, 0.3) is 22.3 Å². The number of hydrogen-bond donors (Lipinski definition) is 2. The molecule has 4 aromatic rings. The van der Waals surface area contributed by atoms with Crippen LogP contribution in [0.1, 0.15) is 5.56 Å². The van der Waals surface area contributed by atoms with Gasteiger partial charge in [-0.2, -0.15) is 0 Å². The van der Waals surface area contributed by atoms with Crippen LogP contribution in [0.2, 0.25) is 0 Å². The molecule has 0 unspecified atom stereocenters. The van der Waals surface area contributed by atoms with Gasteiger partial charge in [0, 0.05) is 35.6 Å². The van der Waals surface area contributed by atoms with Gasteiger partial charge < -0.3 is 19.8 Å². The fraction of sp³-hybridized carbons (Fsp3) is 0.143. The first-order chi connectivity index (χ1) is 13.2. The number of methoxy groups -OCH3 is 2. The molecule has 0 bridgehead atoms. The number of nitrogens with zero attached hydrogens (tertiary/aromatic N) is 2. The fourth-order valence-electron chi connectivity index (χ4n) is 3.13. The van der Waals surface area contributed by atoms with E-state index in [4.69, 9.17) is 9.47 Å². The van der Waals surface area contributed by atoms with Crippen molar-refractivity contribution in [2.45, 2.75) is 6.92 Å². The number of pyridine rings is 2. The molecule has 1 aromatic carbocycles. The average molecular weight is 360 g/mol. The quantitative estimate of drug-likeness (QED) is 0.540. The van der Waals surface area contributed by atoms with Gasteiger partial charge in [-0.3, -0.25) is 4.98 Å². The Balaban J connectivity index is 1.66. The topological polar surface area (TPSA) is 72.1 Å². The van der Waals surface area contributed by atoms with Gasteiger partial charge in [0.25, 0.3) is 0 Å². The number of H-pyrrole nitrogens is 1. The molecule has 0 atom stereocenters. The fourth-order valence-corrected chi connectivity index (χ4v) is 3.13. The van der Waals surface area contributed by atoms with E-state index in [1.165, 1.54) is 0 Å². The second-order valence-electron chi connectivity index (χ2n) is 6.21. The number of hydrogen-bond acceptors (Lipinski definition) is 5. The summed E-state index contributed by atoms with van der Waals surface area (Å²) in [4.78, 5) is 12.3. The summed E-state index contributed by atoms with van der Waals surface area (Å²) in [6.45, 7) is 1.98. The second kappa shape index (κ2) is 6.99. The van der Waals surface area contributed by atoms with E-state index in [0.717, 1.165) is 45.1 Å². The standard InChI is InChI=1S/C21H20N4O2/c1-13-8-15(10-19(26-2)21(13)27-3)24-20-11-17-14(12-23-20)9-18(25-17)16-6-4-5-7-22-16/h4-12,25H,1-3H3,(H,23,24). The highest BCUT2D eigenvalue weighted by Gasteiger charge is 2.11. The molecule has 27 heavy (non-hydrogen) atoms. The van der Waals surface area contributed by atoms with E-state index in [1.807, 2.05) is 49.5 Å². The number of anilines is 2. The van der Waals surface area contributed by atoms with Crippen LogP contribution in [0.15, 0.2) is 54.9 Å². The van der Waals surface area contributed by atoms with Gasteiger partial charge in [0.15, 0.2) is 11.5 Å². The first kappa shape index (κ1) is 16.9. The van der Waals surface area contributed by atoms with E-state index in [0.29, 0.717) is 5.75 Å². The predicted octanol–water partition coefficient (Wildman–Crippen LogP) is 4.69. The van der Waals surface area contributed by atoms with Crippen molar-refractivity contribution in [3.05, 3.63) is 60.4 Å². The molecular formula is C21H20N4O2. The van der Waals surface area contributed by atoms with Crippen molar-refractivity contribution in [3.63, 3.8) is 0 Å². The lowest BCUT2D eigenvalue weighted by atomic mass is 10.1. The number of aryl methyl sites for hydroxylation is 1. The molecule has 0 saturated carbocycles. The molecule has 0 aliphatic heterocycles. The number of ether oxygens (including phenoxy) is 2. The summed E-state index contributed by atoms with van der Waals surface area (Å²) in [5.74, 6) is 2.15. The first-order valence-corrected chi connectivity index (χ1v) is 8.58. The highest BCUT2D eigenvalue weighted by molar-refractivity contribution is 5.86. The van der Waals surface area contributed by atoms with Crippen molar-refractivity contribution in [1.29, 1.82) is 0 Å². The summed E-state index contributed by atoms with van der Waals surface area (Å²) >= 11 is 0. The van der Waals surface area contributed by atoms with E-state index >= 15 is 0 Å². The molecule has 2 N–H and O–H groups in total. The molecule has 0 radical (unpaired) electrons. The highest BCUT2D eigenvalue weighted by Crippen LogP contribution is 2.35. The summed E-state index contributed by atoms with van der Waals surface area (Å²) in [5, 5.41) is 4.36. The van der Waals surface area contributed by atoms with Crippen molar-refractivity contribution >= 4 is 22.4 Å². The Morgan fingerprint density at radius 2 is 1.89 bits per heavy atom. The molecule has 0 aliphatic carbocycles. The third-order valence-corrected chi connectivity index (χ3v) is 4.38. The lowest BCUT2D eigenvalue weighted by Crippen LogP contribution is -1.98. The zero-order valence-electron chi connectivity index (χ0n) is 15.4. The number of aromatic amines is 1. The molecule has 6 nitrogen and oxygen atoms in total. The monoisotopic (exact) mass is 360 g/mol. The van der Waals surface area contributed by atoms with Gasteiger partial charge in [-0.1, -0.05) is 6.07 Å². The minimum atomic E-state index is 0.679. The van der Waals surface area contributed by atoms with Crippen LogP contribution in [0.4, 0.5) is 11.5 Å². The molecule has 3 heterocycles. The SMILES string of the molecule is COc1cc(Nc2cc3[nH]c(-c4ccccn4)cc3cn2)cc(C)c1OC. The summed E-state index contributed by atoms with van der Waals surface area (Å²) in [6, 6.07) is 13.8. The maximum absolute atomic E-state index is 5.42. The third-order valence-electron chi connectivity index (χ3n) is 4.38. The summed E-state index contributed by atoms with van der Waals surface area (Å²) in [5.41, 5.74) is 4.72. The van der Waals surface area contributed by atoms with E-state index in [-0.39, 0.29) is 0 Å². The Labute approximate surface area is 157 Å². The zero-order valence-corrected chi connectivity index (χ0v) is 15.4. The maximum Gasteiger partial charge on any atom is 0.163 e. The molecule has 4 rings (SSSR count). The van der Waals surface area contributed by atoms with Crippen molar-refractivity contribution in [3.8, 4) is 22.9 Å². The van der Waals surface area contributed by atoms with Gasteiger partial charge >= 0.3 is 0 Å². The maximum atomic E-state index is 5.42. The first-order valence-electron chi connectivity index (χ1n) is 8.58. The number of rotatable bonds is 5. The molecule has 6 heteroatoms. The van der Waals surface area contributed by atoms with Crippen molar-refractivity contribution in [1.82, 2.24) is 15.0 Å². The molecule has 0 amide bonds. The highest BCUT2D eigenvalue weighted by atomic mass is 16.5. The number of nitrogens with one attached hydrogen (secondary N) is 2. The van der Waals surface area contributed by atoms with Gasteiger partial charge in [-0.15, -0.1) is 0 Å². The average Bonchev–Trinajstić information content (AvgIpc) is 3.11. The van der Waals surface area contributed by atoms with Gasteiger partial charge in [-0.25, -0.2) is 4.98 Å². The van der Waals surface area contributed by atoms with Crippen LogP contribution in [0.3, 0.4) is 0 Å². The van der Waals surface area contributed by atoms with Crippen molar-refractivity contribution < 1.29 is 9.47 Å². The van der Waals surface area contributed by atoms with E-state index in [1.54, 1.807) is 20.4 Å². The lowest BCUT2D eigenvalue weighted by molar-refractivity contribution is 0.353. The van der Waals surface area contributed by atoms with Crippen LogP contribution in [-0.4, -0.2) is 29.2 Å². The van der Waals surface area contributed by atoms with Gasteiger partial charge in [0.2, 0.25) is 0 Å². The van der Waals surface area contributed by atoms with Crippen LogP contribution in [-0.2, 0) is 0 Å². The lowest BCUT2D eigenvalue weighted by Gasteiger charge is -2.13. The Bertz CT molecular complexity index is 1090. The molecule has 3 aromatic heterocycles. The number of aromatic nitrogens is 3. The Morgan fingerprint density at radius 1 is 1.00 bits per heavy atom. The van der Waals surface area contributed by atoms with Gasteiger partial charge in [-0.05, 0) is 36.8 Å². The van der Waals surface area contributed by atoms with Gasteiger partial charge in [0.05, 0.1) is 31.1 Å². The summed E-state index contributed by atoms with van der Waals surface area (Å²) < 4.78 is 10.8. The van der Waals surface area contributed by atoms with Crippen molar-refractivity contribution in [2.75, 3.05) is 19.5 Å². The zero-order chi connectivity index (χ0) is 18.8. The second-order valence-corrected chi connectivity index (χ2v) is 6.21. The Morgan fingerprint density at radius 3 is 2.63 bits per heavy atom. The number of fused-ring (bicyclic) bond motifs is 1. The van der Waals surface area contributed by atoms with Gasteiger partial charge in [0.1, 0.15) is 5.82 Å². The van der Waals surface area contributed by atoms with Crippen LogP contribution in [0, 0.1) is 6.92 Å². The van der Waals surface area contributed by atoms with Crippen LogP contribution in [0.5, 0.6) is 11.5 Å². The molecular weight excluding hydrogens is 340 g/mol. The van der Waals surface area contributed by atoms with Crippen LogP contribution >= 0.6 is 0 Å². The minimum Gasteiger partial charge on any atom is -0.493 e. The summed E-state index contributed by atoms with van der Waals surface area (Å²) in [7, 11) is 3.27. The molecule has 0 spiro atoms.